The molecule has 1 atom stereocenters. The first-order valence-electron chi connectivity index (χ1n) is 6.30. The van der Waals surface area contributed by atoms with E-state index in [0.717, 1.165) is 28.7 Å². The van der Waals surface area contributed by atoms with Crippen LogP contribution < -0.4 is 0 Å². The number of aryl methyl sites for hydroxylation is 1. The zero-order valence-corrected chi connectivity index (χ0v) is 12.1. The van der Waals surface area contributed by atoms with Crippen molar-refractivity contribution in [3.05, 3.63) is 33.8 Å². The largest absolute Gasteiger partial charge is 0.481 e. The number of aliphatic carboxylic acids is 1. The van der Waals surface area contributed by atoms with Crippen LogP contribution in [0.2, 0.25) is 0 Å². The summed E-state index contributed by atoms with van der Waals surface area (Å²) in [6.45, 7) is 4.05. The number of carboxylic acid groups (broad SMARTS) is 1. The Balaban J connectivity index is 2.26. The van der Waals surface area contributed by atoms with Gasteiger partial charge in [-0.3, -0.25) is 9.69 Å². The van der Waals surface area contributed by atoms with Crippen molar-refractivity contribution in [2.24, 2.45) is 0 Å². The molecule has 1 fully saturated rings. The van der Waals surface area contributed by atoms with E-state index in [1.54, 1.807) is 0 Å². The minimum Gasteiger partial charge on any atom is -0.481 e. The Morgan fingerprint density at radius 1 is 1.44 bits per heavy atom. The lowest BCUT2D eigenvalue weighted by molar-refractivity contribution is -0.138. The maximum atomic E-state index is 11.1. The lowest BCUT2D eigenvalue weighted by atomic mass is 10.0. The Morgan fingerprint density at radius 2 is 2.11 bits per heavy atom. The van der Waals surface area contributed by atoms with Gasteiger partial charge in [0.2, 0.25) is 0 Å². The van der Waals surface area contributed by atoms with Gasteiger partial charge < -0.3 is 5.11 Å². The fourth-order valence-electron chi connectivity index (χ4n) is 2.55. The average molecular weight is 312 g/mol. The normalized spacial score (nSPS) is 17.9. The molecule has 1 aliphatic heterocycles. The number of hydrogen-bond donors (Lipinski definition) is 1. The number of benzene rings is 1. The Kier molecular flexibility index (Phi) is 4.40. The van der Waals surface area contributed by atoms with E-state index >= 15 is 0 Å². The molecule has 0 saturated carbocycles. The van der Waals surface area contributed by atoms with Gasteiger partial charge in [-0.1, -0.05) is 28.1 Å². The molecular formula is C14H18BrNO2. The molecular weight excluding hydrogens is 294 g/mol. The van der Waals surface area contributed by atoms with Crippen LogP contribution in [0.4, 0.5) is 0 Å². The highest BCUT2D eigenvalue weighted by Gasteiger charge is 2.25. The number of nitrogens with zero attached hydrogens (tertiary/aromatic N) is 1. The van der Waals surface area contributed by atoms with Crippen molar-refractivity contribution in [1.29, 1.82) is 0 Å². The van der Waals surface area contributed by atoms with Crippen molar-refractivity contribution in [2.75, 3.05) is 13.1 Å². The van der Waals surface area contributed by atoms with Gasteiger partial charge in [0.25, 0.3) is 0 Å². The van der Waals surface area contributed by atoms with Crippen molar-refractivity contribution in [3.8, 4) is 0 Å². The smallest absolute Gasteiger partial charge is 0.305 e. The number of likely N-dealkylation sites (tertiary alicyclic amines) is 1. The van der Waals surface area contributed by atoms with E-state index in [0.29, 0.717) is 0 Å². The Labute approximate surface area is 116 Å². The molecule has 3 nitrogen and oxygen atoms in total. The second-order valence-electron chi connectivity index (χ2n) is 4.87. The molecule has 98 valence electrons. The Morgan fingerprint density at radius 3 is 2.67 bits per heavy atom. The third kappa shape index (κ3) is 3.12. The summed E-state index contributed by atoms with van der Waals surface area (Å²) >= 11 is 3.48. The van der Waals surface area contributed by atoms with Crippen molar-refractivity contribution < 1.29 is 9.90 Å². The molecule has 1 heterocycles. The zero-order valence-electron chi connectivity index (χ0n) is 10.5. The molecule has 0 bridgehead atoms. The van der Waals surface area contributed by atoms with Crippen LogP contribution in [0.3, 0.4) is 0 Å². The average Bonchev–Trinajstić information content (AvgIpc) is 2.83. The lowest BCUT2D eigenvalue weighted by Crippen LogP contribution is -2.27. The number of carbonyl (C=O) groups is 1. The van der Waals surface area contributed by atoms with Crippen LogP contribution in [0.5, 0.6) is 0 Å². The van der Waals surface area contributed by atoms with E-state index in [-0.39, 0.29) is 12.5 Å². The molecule has 2 rings (SSSR count). The molecule has 1 aromatic rings. The van der Waals surface area contributed by atoms with Crippen LogP contribution in [0.1, 0.15) is 36.4 Å². The van der Waals surface area contributed by atoms with Gasteiger partial charge in [-0.05, 0) is 50.0 Å². The highest BCUT2D eigenvalue weighted by Crippen LogP contribution is 2.30. The molecule has 1 aliphatic rings. The quantitative estimate of drug-likeness (QED) is 0.927. The second kappa shape index (κ2) is 5.85. The summed E-state index contributed by atoms with van der Waals surface area (Å²) < 4.78 is 1.07. The van der Waals surface area contributed by atoms with Crippen LogP contribution in [0.25, 0.3) is 0 Å². The summed E-state index contributed by atoms with van der Waals surface area (Å²) in [5.41, 5.74) is 2.27. The van der Waals surface area contributed by atoms with Crippen molar-refractivity contribution in [2.45, 2.75) is 32.2 Å². The first-order valence-corrected chi connectivity index (χ1v) is 7.09. The Bertz CT molecular complexity index is 441. The number of hydrogen-bond acceptors (Lipinski definition) is 2. The van der Waals surface area contributed by atoms with Gasteiger partial charge in [0, 0.05) is 10.5 Å². The molecule has 1 N–H and O–H groups in total. The molecule has 0 aliphatic carbocycles. The SMILES string of the molecule is Cc1cc(C(CC(=O)O)N2CCCC2)ccc1Br. The topological polar surface area (TPSA) is 40.5 Å². The van der Waals surface area contributed by atoms with Crippen molar-refractivity contribution in [3.63, 3.8) is 0 Å². The number of rotatable bonds is 4. The van der Waals surface area contributed by atoms with Gasteiger partial charge >= 0.3 is 5.97 Å². The molecule has 18 heavy (non-hydrogen) atoms. The summed E-state index contributed by atoms with van der Waals surface area (Å²) in [5, 5.41) is 9.09. The summed E-state index contributed by atoms with van der Waals surface area (Å²) in [6.07, 6.45) is 2.53. The molecule has 4 heteroatoms. The first-order chi connectivity index (χ1) is 8.58. The standard InChI is InChI=1S/C14H18BrNO2/c1-10-8-11(4-5-12(10)15)13(9-14(17)18)16-6-2-3-7-16/h4-5,8,13H,2-3,6-7,9H2,1H3,(H,17,18). The van der Waals surface area contributed by atoms with Crippen LogP contribution in [0.15, 0.2) is 22.7 Å². The summed E-state index contributed by atoms with van der Waals surface area (Å²) in [6, 6.07) is 6.14. The molecule has 0 aromatic heterocycles. The van der Waals surface area contributed by atoms with Crippen molar-refractivity contribution >= 4 is 21.9 Å². The third-order valence-corrected chi connectivity index (χ3v) is 4.41. The Hall–Kier alpha value is -0.870. The molecule has 0 spiro atoms. The van der Waals surface area contributed by atoms with E-state index in [1.807, 2.05) is 19.1 Å². The van der Waals surface area contributed by atoms with Crippen LogP contribution in [0, 0.1) is 6.92 Å². The van der Waals surface area contributed by atoms with Gasteiger partial charge in [0.1, 0.15) is 0 Å². The summed E-state index contributed by atoms with van der Waals surface area (Å²) in [7, 11) is 0. The van der Waals surface area contributed by atoms with Gasteiger partial charge in [-0.2, -0.15) is 0 Å². The van der Waals surface area contributed by atoms with Crippen molar-refractivity contribution in [1.82, 2.24) is 4.90 Å². The minimum absolute atomic E-state index is 0.0109. The maximum Gasteiger partial charge on any atom is 0.305 e. The summed E-state index contributed by atoms with van der Waals surface area (Å²) in [4.78, 5) is 13.3. The van der Waals surface area contributed by atoms with Crippen LogP contribution in [-0.2, 0) is 4.79 Å². The van der Waals surface area contributed by atoms with Crippen LogP contribution in [-0.4, -0.2) is 29.1 Å². The highest BCUT2D eigenvalue weighted by molar-refractivity contribution is 9.10. The monoisotopic (exact) mass is 311 g/mol. The maximum absolute atomic E-state index is 11.1. The molecule has 1 aromatic carbocycles. The predicted molar refractivity (Wildman–Crippen MR) is 74.7 cm³/mol. The highest BCUT2D eigenvalue weighted by atomic mass is 79.9. The van der Waals surface area contributed by atoms with Gasteiger partial charge in [0.05, 0.1) is 6.42 Å². The van der Waals surface area contributed by atoms with Crippen LogP contribution >= 0.6 is 15.9 Å². The molecule has 1 unspecified atom stereocenters. The second-order valence-corrected chi connectivity index (χ2v) is 5.72. The van der Waals surface area contributed by atoms with E-state index in [9.17, 15) is 4.79 Å². The number of halogens is 1. The third-order valence-electron chi connectivity index (χ3n) is 3.52. The van der Waals surface area contributed by atoms with Gasteiger partial charge in [-0.15, -0.1) is 0 Å². The molecule has 0 amide bonds. The fraction of sp³-hybridized carbons (Fsp3) is 0.500. The molecule has 0 radical (unpaired) electrons. The number of carboxylic acids is 1. The first kappa shape index (κ1) is 13.6. The molecule has 1 saturated heterocycles. The van der Waals surface area contributed by atoms with E-state index < -0.39 is 5.97 Å². The zero-order chi connectivity index (χ0) is 13.1. The van der Waals surface area contributed by atoms with E-state index in [1.165, 1.54) is 12.8 Å². The predicted octanol–water partition coefficient (Wildman–Crippen LogP) is 3.37. The lowest BCUT2D eigenvalue weighted by Gasteiger charge is -2.27. The fourth-order valence-corrected chi connectivity index (χ4v) is 2.80. The van der Waals surface area contributed by atoms with E-state index in [2.05, 4.69) is 26.9 Å². The minimum atomic E-state index is -0.729. The van der Waals surface area contributed by atoms with Gasteiger partial charge in [-0.25, -0.2) is 0 Å². The summed E-state index contributed by atoms with van der Waals surface area (Å²) in [5.74, 6) is -0.729. The van der Waals surface area contributed by atoms with Gasteiger partial charge in [0.15, 0.2) is 0 Å². The van der Waals surface area contributed by atoms with E-state index in [4.69, 9.17) is 5.11 Å².